The van der Waals surface area contributed by atoms with Crippen molar-refractivity contribution in [3.05, 3.63) is 66.0 Å². The molecule has 2 rings (SSSR count). The molecule has 1 heterocycles. The van der Waals surface area contributed by atoms with E-state index in [0.29, 0.717) is 11.1 Å². The molecule has 3 heteroatoms. The van der Waals surface area contributed by atoms with Gasteiger partial charge in [0.1, 0.15) is 0 Å². The highest BCUT2D eigenvalue weighted by Crippen LogP contribution is 2.09. The summed E-state index contributed by atoms with van der Waals surface area (Å²) >= 11 is 0. The van der Waals surface area contributed by atoms with E-state index < -0.39 is 0 Å². The van der Waals surface area contributed by atoms with Crippen molar-refractivity contribution in [2.75, 3.05) is 0 Å². The third-order valence-electron chi connectivity index (χ3n) is 2.25. The Morgan fingerprint density at radius 1 is 0.778 bits per heavy atom. The minimum absolute atomic E-state index is 0.0687. The third-order valence-corrected chi connectivity index (χ3v) is 2.25. The molecule has 3 nitrogen and oxygen atoms in total. The van der Waals surface area contributed by atoms with Gasteiger partial charge < -0.3 is 0 Å². The highest BCUT2D eigenvalue weighted by atomic mass is 16.1. The van der Waals surface area contributed by atoms with Crippen molar-refractivity contribution in [1.82, 2.24) is 4.98 Å². The molecule has 0 bridgehead atoms. The normalized spacial score (nSPS) is 9.00. The first-order valence-corrected chi connectivity index (χ1v) is 5.59. The minimum Gasteiger partial charge on any atom is -0.294 e. The Morgan fingerprint density at radius 3 is 1.44 bits per heavy atom. The number of hydrogen-bond donors (Lipinski definition) is 0. The summed E-state index contributed by atoms with van der Waals surface area (Å²) in [4.78, 5) is 25.8. The summed E-state index contributed by atoms with van der Waals surface area (Å²) in [6.45, 7) is 2.92. The predicted molar refractivity (Wildman–Crippen MR) is 70.7 cm³/mol. The average molecular weight is 241 g/mol. The zero-order chi connectivity index (χ0) is 13.4. The largest absolute Gasteiger partial charge is 0.294 e. The van der Waals surface area contributed by atoms with Gasteiger partial charge in [-0.25, -0.2) is 0 Å². The molecular formula is C15H15NO2. The molecular weight excluding hydrogens is 226 g/mol. The number of pyridine rings is 1. The van der Waals surface area contributed by atoms with Crippen LogP contribution in [0, 0.1) is 0 Å². The summed E-state index contributed by atoms with van der Waals surface area (Å²) in [5.74, 6) is -0.137. The van der Waals surface area contributed by atoms with Crippen LogP contribution in [0.3, 0.4) is 0 Å². The molecule has 0 amide bonds. The Morgan fingerprint density at radius 2 is 1.22 bits per heavy atom. The average Bonchev–Trinajstić information content (AvgIpc) is 2.41. The molecule has 92 valence electrons. The lowest BCUT2D eigenvalue weighted by Crippen LogP contribution is -2.02. The molecule has 0 aliphatic carbocycles. The molecule has 1 aromatic carbocycles. The van der Waals surface area contributed by atoms with E-state index in [0.717, 1.165) is 0 Å². The second-order valence-corrected chi connectivity index (χ2v) is 3.68. The molecule has 0 N–H and O–H groups in total. The van der Waals surface area contributed by atoms with Crippen LogP contribution in [0.4, 0.5) is 0 Å². The van der Waals surface area contributed by atoms with Crippen LogP contribution in [0.25, 0.3) is 0 Å². The van der Waals surface area contributed by atoms with Gasteiger partial charge in [-0.1, -0.05) is 30.3 Å². The Labute approximate surface area is 106 Å². The number of rotatable bonds is 2. The van der Waals surface area contributed by atoms with E-state index in [4.69, 9.17) is 0 Å². The summed E-state index contributed by atoms with van der Waals surface area (Å²) in [6.07, 6.45) is 3.50. The number of ketones is 2. The Balaban J connectivity index is 0.000000225. The summed E-state index contributed by atoms with van der Waals surface area (Å²) < 4.78 is 0. The number of benzene rings is 1. The number of nitrogens with zero attached hydrogens (tertiary/aromatic N) is 1. The first-order valence-electron chi connectivity index (χ1n) is 5.59. The first kappa shape index (κ1) is 13.8. The van der Waals surface area contributed by atoms with E-state index in [1.165, 1.54) is 13.8 Å². The lowest BCUT2D eigenvalue weighted by Gasteiger charge is -2.00. The predicted octanol–water partition coefficient (Wildman–Crippen LogP) is 3.17. The summed E-state index contributed by atoms with van der Waals surface area (Å²) in [5.41, 5.74) is 1.01. The Kier molecular flexibility index (Phi) is 5.45. The van der Waals surface area contributed by atoms with E-state index in [9.17, 15) is 9.59 Å². The SMILES string of the molecule is CC(=O)c1ccccc1C(C)=O.c1ccncc1. The van der Waals surface area contributed by atoms with Gasteiger partial charge in [-0.15, -0.1) is 0 Å². The van der Waals surface area contributed by atoms with E-state index in [1.54, 1.807) is 36.7 Å². The van der Waals surface area contributed by atoms with Crippen LogP contribution in [0.15, 0.2) is 54.9 Å². The number of carbonyl (C=O) groups is 2. The van der Waals surface area contributed by atoms with Gasteiger partial charge in [0.05, 0.1) is 0 Å². The van der Waals surface area contributed by atoms with Crippen molar-refractivity contribution in [3.8, 4) is 0 Å². The lowest BCUT2D eigenvalue weighted by molar-refractivity contribution is 0.0981. The molecule has 0 aliphatic heterocycles. The maximum atomic E-state index is 11.0. The van der Waals surface area contributed by atoms with Gasteiger partial charge in [-0.3, -0.25) is 14.6 Å². The van der Waals surface area contributed by atoms with Crippen molar-refractivity contribution in [2.45, 2.75) is 13.8 Å². The topological polar surface area (TPSA) is 47.0 Å². The van der Waals surface area contributed by atoms with Crippen LogP contribution in [0.1, 0.15) is 34.6 Å². The molecule has 0 fully saturated rings. The number of hydrogen-bond acceptors (Lipinski definition) is 3. The fourth-order valence-electron chi connectivity index (χ4n) is 1.41. The summed E-state index contributed by atoms with van der Waals surface area (Å²) in [6, 6.07) is 12.6. The summed E-state index contributed by atoms with van der Waals surface area (Å²) in [7, 11) is 0. The highest BCUT2D eigenvalue weighted by molar-refractivity contribution is 6.07. The lowest BCUT2D eigenvalue weighted by atomic mass is 10.0. The zero-order valence-corrected chi connectivity index (χ0v) is 10.5. The molecule has 0 radical (unpaired) electrons. The second kappa shape index (κ2) is 7.12. The van der Waals surface area contributed by atoms with Crippen LogP contribution in [-0.4, -0.2) is 16.6 Å². The van der Waals surface area contributed by atoms with Crippen molar-refractivity contribution >= 4 is 11.6 Å². The van der Waals surface area contributed by atoms with Crippen molar-refractivity contribution in [3.63, 3.8) is 0 Å². The fourth-order valence-corrected chi connectivity index (χ4v) is 1.41. The zero-order valence-electron chi connectivity index (χ0n) is 10.5. The molecule has 0 saturated carbocycles. The summed E-state index contributed by atoms with van der Waals surface area (Å²) in [5, 5.41) is 0. The van der Waals surface area contributed by atoms with Crippen LogP contribution in [-0.2, 0) is 0 Å². The first-order chi connectivity index (χ1) is 8.63. The molecule has 0 aliphatic rings. The maximum absolute atomic E-state index is 11.0. The monoisotopic (exact) mass is 241 g/mol. The van der Waals surface area contributed by atoms with Gasteiger partial charge in [-0.2, -0.15) is 0 Å². The molecule has 1 aromatic heterocycles. The van der Waals surface area contributed by atoms with Gasteiger partial charge in [0.25, 0.3) is 0 Å². The molecule has 0 spiro atoms. The molecule has 0 atom stereocenters. The van der Waals surface area contributed by atoms with E-state index in [-0.39, 0.29) is 11.6 Å². The Bertz CT molecular complexity index is 461. The minimum atomic E-state index is -0.0687. The van der Waals surface area contributed by atoms with Gasteiger partial charge >= 0.3 is 0 Å². The van der Waals surface area contributed by atoms with Gasteiger partial charge in [0.15, 0.2) is 11.6 Å². The molecule has 0 saturated heterocycles. The molecule has 2 aromatic rings. The maximum Gasteiger partial charge on any atom is 0.160 e. The van der Waals surface area contributed by atoms with E-state index in [1.807, 2.05) is 18.2 Å². The second-order valence-electron chi connectivity index (χ2n) is 3.68. The van der Waals surface area contributed by atoms with E-state index >= 15 is 0 Å². The van der Waals surface area contributed by atoms with Gasteiger partial charge in [0.2, 0.25) is 0 Å². The standard InChI is InChI=1S/C10H10O2.C5H5N/c1-7(11)9-5-3-4-6-10(9)8(2)12;1-2-4-6-5-3-1/h3-6H,1-2H3;1-5H. The highest BCUT2D eigenvalue weighted by Gasteiger charge is 2.08. The van der Waals surface area contributed by atoms with Gasteiger partial charge in [0, 0.05) is 23.5 Å². The van der Waals surface area contributed by atoms with Crippen LogP contribution in [0.2, 0.25) is 0 Å². The smallest absolute Gasteiger partial charge is 0.160 e. The number of carbonyl (C=O) groups excluding carboxylic acids is 2. The number of aromatic nitrogens is 1. The molecule has 0 unspecified atom stereocenters. The Hall–Kier alpha value is -2.29. The van der Waals surface area contributed by atoms with Crippen LogP contribution >= 0.6 is 0 Å². The molecule has 18 heavy (non-hydrogen) atoms. The van der Waals surface area contributed by atoms with E-state index in [2.05, 4.69) is 4.98 Å². The van der Waals surface area contributed by atoms with Crippen molar-refractivity contribution in [1.29, 1.82) is 0 Å². The number of Topliss-reactive ketones (excluding diaryl/α,β-unsaturated/α-hetero) is 2. The quantitative estimate of drug-likeness (QED) is 0.759. The van der Waals surface area contributed by atoms with Crippen LogP contribution < -0.4 is 0 Å². The third kappa shape index (κ3) is 4.29. The van der Waals surface area contributed by atoms with Crippen molar-refractivity contribution in [2.24, 2.45) is 0 Å². The van der Waals surface area contributed by atoms with Crippen LogP contribution in [0.5, 0.6) is 0 Å². The van der Waals surface area contributed by atoms with Crippen molar-refractivity contribution < 1.29 is 9.59 Å². The van der Waals surface area contributed by atoms with Gasteiger partial charge in [-0.05, 0) is 26.0 Å². The fraction of sp³-hybridized carbons (Fsp3) is 0.133.